The third kappa shape index (κ3) is 3.40. The van der Waals surface area contributed by atoms with Crippen LogP contribution in [0.1, 0.15) is 91.4 Å². The van der Waals surface area contributed by atoms with Gasteiger partial charge in [0, 0.05) is 19.3 Å². The van der Waals surface area contributed by atoms with Gasteiger partial charge in [-0.05, 0) is 79.4 Å². The average Bonchev–Trinajstić information content (AvgIpc) is 2.98. The number of hydrogen-bond donors (Lipinski definition) is 1. The molecule has 4 aliphatic rings. The number of carboxylic acids is 1. The second kappa shape index (κ2) is 7.04. The van der Waals surface area contributed by atoms with Crippen LogP contribution in [0.15, 0.2) is 0 Å². The Hall–Kier alpha value is -0.860. The Balaban J connectivity index is 0.000000324. The molecule has 0 aromatic heterocycles. The van der Waals surface area contributed by atoms with E-state index in [1.54, 1.807) is 6.92 Å². The molecule has 6 atom stereocenters. The minimum absolute atomic E-state index is 0.222. The summed E-state index contributed by atoms with van der Waals surface area (Å²) in [7, 11) is 0. The lowest BCUT2D eigenvalue weighted by atomic mass is 9.45. The van der Waals surface area contributed by atoms with Gasteiger partial charge in [-0.2, -0.15) is 0 Å². The van der Waals surface area contributed by atoms with Crippen molar-refractivity contribution in [3.63, 3.8) is 0 Å². The second-order valence-electron chi connectivity index (χ2n) is 9.73. The molecule has 0 aliphatic heterocycles. The molecule has 0 bridgehead atoms. The van der Waals surface area contributed by atoms with Crippen LogP contribution in [-0.4, -0.2) is 16.9 Å². The van der Waals surface area contributed by atoms with E-state index < -0.39 is 5.97 Å². The van der Waals surface area contributed by atoms with Gasteiger partial charge >= 0.3 is 5.97 Å². The van der Waals surface area contributed by atoms with E-state index in [4.69, 9.17) is 5.11 Å². The molecular formula is C22H36O3. The average molecular weight is 349 g/mol. The van der Waals surface area contributed by atoms with Gasteiger partial charge in [0.05, 0.1) is 0 Å². The van der Waals surface area contributed by atoms with Crippen molar-refractivity contribution in [2.45, 2.75) is 91.4 Å². The number of hydrogen-bond acceptors (Lipinski definition) is 2. The number of carbonyl (C=O) groups excluding carboxylic acids is 1. The number of carboxylic acid groups (broad SMARTS) is 1. The number of carbonyl (C=O) groups is 2. The lowest BCUT2D eigenvalue weighted by Gasteiger charge is -2.59. The first-order valence-electron chi connectivity index (χ1n) is 10.5. The van der Waals surface area contributed by atoms with Crippen molar-refractivity contribution >= 4 is 11.8 Å². The summed E-state index contributed by atoms with van der Waals surface area (Å²) < 4.78 is 0. The quantitative estimate of drug-likeness (QED) is 0.683. The summed E-state index contributed by atoms with van der Waals surface area (Å²) >= 11 is 0. The second-order valence-corrected chi connectivity index (χ2v) is 9.73. The monoisotopic (exact) mass is 348 g/mol. The van der Waals surface area contributed by atoms with Gasteiger partial charge in [0.2, 0.25) is 0 Å². The molecule has 3 nitrogen and oxygen atoms in total. The van der Waals surface area contributed by atoms with Gasteiger partial charge in [-0.25, -0.2) is 0 Å². The summed E-state index contributed by atoms with van der Waals surface area (Å²) in [5.41, 5.74) is 1.18. The number of ketones is 1. The first kappa shape index (κ1) is 18.9. The van der Waals surface area contributed by atoms with Gasteiger partial charge in [0.15, 0.2) is 0 Å². The van der Waals surface area contributed by atoms with Crippen molar-refractivity contribution < 1.29 is 14.7 Å². The van der Waals surface area contributed by atoms with Gasteiger partial charge in [-0.1, -0.05) is 27.2 Å². The Kier molecular flexibility index (Phi) is 5.33. The molecular weight excluding hydrogens is 312 g/mol. The zero-order chi connectivity index (χ0) is 18.2. The molecule has 4 rings (SSSR count). The van der Waals surface area contributed by atoms with E-state index in [2.05, 4.69) is 13.8 Å². The summed E-state index contributed by atoms with van der Waals surface area (Å²) in [5, 5.41) is 7.72. The molecule has 0 aromatic rings. The van der Waals surface area contributed by atoms with Crippen molar-refractivity contribution in [1.82, 2.24) is 0 Å². The maximum absolute atomic E-state index is 11.9. The van der Waals surface area contributed by atoms with Crippen LogP contribution < -0.4 is 0 Å². The molecule has 0 amide bonds. The molecule has 142 valence electrons. The van der Waals surface area contributed by atoms with E-state index in [0.29, 0.717) is 16.6 Å². The zero-order valence-electron chi connectivity index (χ0n) is 16.4. The fraction of sp³-hybridized carbons (Fsp3) is 0.909. The van der Waals surface area contributed by atoms with Crippen LogP contribution in [0.4, 0.5) is 0 Å². The Labute approximate surface area is 153 Å². The molecule has 4 saturated carbocycles. The van der Waals surface area contributed by atoms with Gasteiger partial charge in [-0.15, -0.1) is 0 Å². The van der Waals surface area contributed by atoms with Gasteiger partial charge in [-0.3, -0.25) is 9.59 Å². The minimum atomic E-state index is -0.745. The molecule has 0 spiro atoms. The highest BCUT2D eigenvalue weighted by Gasteiger charge is 2.57. The van der Waals surface area contributed by atoms with Gasteiger partial charge in [0.25, 0.3) is 0 Å². The predicted octanol–water partition coefficient (Wildman–Crippen LogP) is 5.47. The predicted molar refractivity (Wildman–Crippen MR) is 99.3 cm³/mol. The Morgan fingerprint density at radius 3 is 2.48 bits per heavy atom. The highest BCUT2D eigenvalue weighted by molar-refractivity contribution is 5.79. The highest BCUT2D eigenvalue weighted by atomic mass is 16.4. The fourth-order valence-electron chi connectivity index (χ4n) is 7.04. The normalized spacial score (nSPS) is 45.5. The molecule has 0 saturated heterocycles. The molecule has 4 fully saturated rings. The third-order valence-corrected chi connectivity index (χ3v) is 8.57. The summed E-state index contributed by atoms with van der Waals surface area (Å²) in [6.45, 7) is 6.74. The summed E-state index contributed by atoms with van der Waals surface area (Å²) in [5.74, 6) is 3.46. The summed E-state index contributed by atoms with van der Waals surface area (Å²) in [4.78, 5) is 21.2. The number of Topliss-reactive ketones (excluding diaryl/α,β-unsaturated/α-hetero) is 1. The maximum Gasteiger partial charge on any atom is 0.303 e. The molecule has 0 unspecified atom stereocenters. The fourth-order valence-corrected chi connectivity index (χ4v) is 7.04. The lowest BCUT2D eigenvalue weighted by Crippen LogP contribution is -2.52. The van der Waals surface area contributed by atoms with Crippen LogP contribution in [0.5, 0.6) is 0 Å². The zero-order valence-corrected chi connectivity index (χ0v) is 16.4. The van der Waals surface area contributed by atoms with E-state index in [9.17, 15) is 9.59 Å². The molecule has 0 heterocycles. The van der Waals surface area contributed by atoms with Crippen molar-refractivity contribution in [2.75, 3.05) is 0 Å². The van der Waals surface area contributed by atoms with Crippen molar-refractivity contribution in [3.05, 3.63) is 0 Å². The molecule has 4 aliphatic carbocycles. The van der Waals surface area contributed by atoms with E-state index in [-0.39, 0.29) is 6.42 Å². The largest absolute Gasteiger partial charge is 0.481 e. The first-order chi connectivity index (χ1) is 11.8. The number of fused-ring (bicyclic) bond motifs is 5. The molecule has 0 radical (unpaired) electrons. The maximum atomic E-state index is 11.9. The van der Waals surface area contributed by atoms with Crippen LogP contribution in [-0.2, 0) is 9.59 Å². The van der Waals surface area contributed by atoms with Crippen molar-refractivity contribution in [1.29, 1.82) is 0 Å². The van der Waals surface area contributed by atoms with E-state index >= 15 is 0 Å². The van der Waals surface area contributed by atoms with E-state index in [1.165, 1.54) is 51.4 Å². The number of rotatable bonds is 1. The summed E-state index contributed by atoms with van der Waals surface area (Å²) in [6.07, 6.45) is 13.4. The van der Waals surface area contributed by atoms with Crippen LogP contribution in [0.3, 0.4) is 0 Å². The summed E-state index contributed by atoms with van der Waals surface area (Å²) in [6, 6.07) is 0. The van der Waals surface area contributed by atoms with Crippen molar-refractivity contribution in [3.8, 4) is 0 Å². The molecule has 1 N–H and O–H groups in total. The van der Waals surface area contributed by atoms with Gasteiger partial charge < -0.3 is 5.11 Å². The SMILES string of the molecule is CCC(=O)O.C[C@@]12CCC[C@H]1[C@@H]1CC[C@H]3CC(=O)CC[C@]3(C)[C@H]1CC2. The standard InChI is InChI=1S/C19H30O.C3H6O2/c1-18-9-3-4-16(18)15-6-5-13-12-14(20)7-11-19(13,2)17(15)8-10-18;1-2-3(4)5/h13,15-17H,3-12H2,1-2H3;2H2,1H3,(H,4,5)/t13-,15-,16-,17-,18-,19-;/m0./s1. The van der Waals surface area contributed by atoms with E-state index in [1.807, 2.05) is 0 Å². The van der Waals surface area contributed by atoms with Crippen LogP contribution in [0, 0.1) is 34.5 Å². The molecule has 25 heavy (non-hydrogen) atoms. The van der Waals surface area contributed by atoms with E-state index in [0.717, 1.165) is 36.5 Å². The van der Waals surface area contributed by atoms with Crippen molar-refractivity contribution in [2.24, 2.45) is 34.5 Å². The Morgan fingerprint density at radius 1 is 1.08 bits per heavy atom. The molecule has 3 heteroatoms. The topological polar surface area (TPSA) is 54.4 Å². The highest BCUT2D eigenvalue weighted by Crippen LogP contribution is 2.65. The Morgan fingerprint density at radius 2 is 1.80 bits per heavy atom. The van der Waals surface area contributed by atoms with Gasteiger partial charge in [0.1, 0.15) is 5.78 Å². The lowest BCUT2D eigenvalue weighted by molar-refractivity contribution is -0.138. The minimum Gasteiger partial charge on any atom is -0.481 e. The first-order valence-corrected chi connectivity index (χ1v) is 10.5. The third-order valence-electron chi connectivity index (χ3n) is 8.57. The van der Waals surface area contributed by atoms with Crippen LogP contribution in [0.25, 0.3) is 0 Å². The van der Waals surface area contributed by atoms with Crippen LogP contribution >= 0.6 is 0 Å². The Bertz CT molecular complexity index is 527. The number of aliphatic carboxylic acids is 1. The smallest absolute Gasteiger partial charge is 0.303 e. The van der Waals surface area contributed by atoms with Crippen LogP contribution in [0.2, 0.25) is 0 Å². The molecule has 0 aromatic carbocycles.